The van der Waals surface area contributed by atoms with Crippen LogP contribution >= 0.6 is 0 Å². The second kappa shape index (κ2) is 7.68. The quantitative estimate of drug-likeness (QED) is 0.802. The van der Waals surface area contributed by atoms with Gasteiger partial charge in [0, 0.05) is 26.1 Å². The first kappa shape index (κ1) is 18.1. The van der Waals surface area contributed by atoms with E-state index in [4.69, 9.17) is 0 Å². The highest BCUT2D eigenvalue weighted by Crippen LogP contribution is 2.22. The van der Waals surface area contributed by atoms with Gasteiger partial charge in [0.25, 0.3) is 11.8 Å². The van der Waals surface area contributed by atoms with Crippen LogP contribution in [0.4, 0.5) is 0 Å². The van der Waals surface area contributed by atoms with Crippen molar-refractivity contribution in [3.05, 3.63) is 35.4 Å². The summed E-state index contributed by atoms with van der Waals surface area (Å²) in [6, 6.07) is 6.01. The molecule has 26 heavy (non-hydrogen) atoms. The first-order valence-electron chi connectivity index (χ1n) is 9.02. The number of hydrogen-bond donors (Lipinski definition) is 1. The van der Waals surface area contributed by atoms with E-state index >= 15 is 0 Å². The number of carbonyl (C=O) groups is 4. The van der Waals surface area contributed by atoms with Crippen LogP contribution in [-0.4, -0.2) is 59.1 Å². The maximum Gasteiger partial charge on any atom is 0.261 e. The lowest BCUT2D eigenvalue weighted by Crippen LogP contribution is -2.49. The Morgan fingerprint density at radius 1 is 1.04 bits per heavy atom. The normalized spacial score (nSPS) is 17.9. The molecule has 1 saturated heterocycles. The average Bonchev–Trinajstić information content (AvgIpc) is 2.91. The Hall–Kier alpha value is -2.70. The number of fused-ring (bicyclic) bond motifs is 1. The topological polar surface area (TPSA) is 86.8 Å². The van der Waals surface area contributed by atoms with Crippen molar-refractivity contribution in [2.75, 3.05) is 19.6 Å². The number of hydrogen-bond acceptors (Lipinski definition) is 4. The zero-order valence-electron chi connectivity index (χ0n) is 14.9. The molecule has 1 N–H and O–H groups in total. The van der Waals surface area contributed by atoms with Gasteiger partial charge in [-0.2, -0.15) is 0 Å². The Labute approximate surface area is 152 Å². The summed E-state index contributed by atoms with van der Waals surface area (Å²) >= 11 is 0. The Morgan fingerprint density at radius 3 is 2.19 bits per heavy atom. The van der Waals surface area contributed by atoms with E-state index in [1.165, 1.54) is 0 Å². The van der Waals surface area contributed by atoms with Gasteiger partial charge in [0.2, 0.25) is 11.8 Å². The van der Waals surface area contributed by atoms with Gasteiger partial charge in [-0.15, -0.1) is 0 Å². The number of likely N-dealkylation sites (tertiary alicyclic amines) is 1. The second-order valence-electron chi connectivity index (χ2n) is 6.73. The van der Waals surface area contributed by atoms with Crippen LogP contribution in [-0.2, 0) is 9.59 Å². The number of carbonyl (C=O) groups excluding carboxylic acids is 4. The minimum atomic E-state index is -0.609. The average molecular weight is 357 g/mol. The lowest BCUT2D eigenvalue weighted by molar-refractivity contribution is -0.136. The molecule has 1 aromatic rings. The third-order valence-electron chi connectivity index (χ3n) is 4.86. The molecule has 0 saturated carbocycles. The fourth-order valence-electron chi connectivity index (χ4n) is 3.42. The predicted octanol–water partition coefficient (Wildman–Crippen LogP) is 1.19. The number of amides is 4. The molecule has 0 bridgehead atoms. The van der Waals surface area contributed by atoms with E-state index in [9.17, 15) is 19.2 Å². The van der Waals surface area contributed by atoms with E-state index in [0.717, 1.165) is 37.3 Å². The first-order valence-corrected chi connectivity index (χ1v) is 9.02. The number of nitrogens with one attached hydrogen (secondary N) is 1. The number of rotatable bonds is 5. The van der Waals surface area contributed by atoms with E-state index in [1.54, 1.807) is 36.1 Å². The first-order chi connectivity index (χ1) is 12.5. The van der Waals surface area contributed by atoms with Gasteiger partial charge in [0.1, 0.15) is 6.04 Å². The fraction of sp³-hybridized carbons (Fsp3) is 0.474. The van der Waals surface area contributed by atoms with Gasteiger partial charge in [-0.1, -0.05) is 12.1 Å². The van der Waals surface area contributed by atoms with Crippen molar-refractivity contribution in [1.82, 2.24) is 15.1 Å². The predicted molar refractivity (Wildman–Crippen MR) is 94.5 cm³/mol. The highest BCUT2D eigenvalue weighted by atomic mass is 16.2. The summed E-state index contributed by atoms with van der Waals surface area (Å²) in [5.41, 5.74) is 0.734. The molecule has 0 aromatic heterocycles. The molecular weight excluding hydrogens is 334 g/mol. The Morgan fingerprint density at radius 2 is 1.62 bits per heavy atom. The van der Waals surface area contributed by atoms with E-state index in [2.05, 4.69) is 5.32 Å². The molecule has 0 unspecified atom stereocenters. The maximum atomic E-state index is 12.3. The molecule has 1 fully saturated rings. The number of piperidine rings is 1. The molecule has 0 radical (unpaired) electrons. The van der Waals surface area contributed by atoms with Crippen LogP contribution in [0.5, 0.6) is 0 Å². The summed E-state index contributed by atoms with van der Waals surface area (Å²) in [7, 11) is 0. The summed E-state index contributed by atoms with van der Waals surface area (Å²) in [5, 5.41) is 2.67. The van der Waals surface area contributed by atoms with Crippen LogP contribution in [0.1, 0.15) is 53.3 Å². The Bertz CT molecular complexity index is 705. The van der Waals surface area contributed by atoms with Crippen molar-refractivity contribution < 1.29 is 19.2 Å². The van der Waals surface area contributed by atoms with Crippen molar-refractivity contribution in [3.63, 3.8) is 0 Å². The van der Waals surface area contributed by atoms with Crippen molar-refractivity contribution >= 4 is 23.6 Å². The number of benzene rings is 1. The molecule has 7 nitrogen and oxygen atoms in total. The smallest absolute Gasteiger partial charge is 0.261 e. The molecule has 138 valence electrons. The molecule has 1 atom stereocenters. The van der Waals surface area contributed by atoms with Crippen molar-refractivity contribution in [2.24, 2.45) is 0 Å². The minimum Gasteiger partial charge on any atom is -0.345 e. The molecule has 1 aromatic carbocycles. The third-order valence-corrected chi connectivity index (χ3v) is 4.86. The van der Waals surface area contributed by atoms with E-state index < -0.39 is 6.04 Å². The summed E-state index contributed by atoms with van der Waals surface area (Å²) in [6.07, 6.45) is 3.09. The SMILES string of the molecule is C[C@H](NC(=O)CCN1C(=O)c2ccccc2C1=O)C(=O)N1CCCCC1. The lowest BCUT2D eigenvalue weighted by Gasteiger charge is -2.29. The number of nitrogens with zero attached hydrogens (tertiary/aromatic N) is 2. The summed E-state index contributed by atoms with van der Waals surface area (Å²) in [6.45, 7) is 3.13. The largest absolute Gasteiger partial charge is 0.345 e. The van der Waals surface area contributed by atoms with Gasteiger partial charge in [0.15, 0.2) is 0 Å². The molecular formula is C19H23N3O4. The zero-order chi connectivity index (χ0) is 18.7. The fourth-order valence-corrected chi connectivity index (χ4v) is 3.42. The molecule has 0 spiro atoms. The lowest BCUT2D eigenvalue weighted by atomic mass is 10.1. The van der Waals surface area contributed by atoms with Crippen molar-refractivity contribution in [3.8, 4) is 0 Å². The third kappa shape index (κ3) is 3.61. The van der Waals surface area contributed by atoms with E-state index in [-0.39, 0.29) is 36.6 Å². The summed E-state index contributed by atoms with van der Waals surface area (Å²) in [5.74, 6) is -1.19. The van der Waals surface area contributed by atoms with Crippen LogP contribution in [0.2, 0.25) is 0 Å². The molecule has 0 aliphatic carbocycles. The van der Waals surface area contributed by atoms with Crippen LogP contribution in [0.25, 0.3) is 0 Å². The molecule has 3 rings (SSSR count). The maximum absolute atomic E-state index is 12.3. The van der Waals surface area contributed by atoms with Gasteiger partial charge < -0.3 is 10.2 Å². The molecule has 2 heterocycles. The van der Waals surface area contributed by atoms with Crippen LogP contribution in [0.15, 0.2) is 24.3 Å². The summed E-state index contributed by atoms with van der Waals surface area (Å²) < 4.78 is 0. The van der Waals surface area contributed by atoms with Crippen molar-refractivity contribution in [1.29, 1.82) is 0 Å². The zero-order valence-corrected chi connectivity index (χ0v) is 14.9. The Balaban J connectivity index is 1.51. The van der Waals surface area contributed by atoms with Gasteiger partial charge in [-0.25, -0.2) is 0 Å². The van der Waals surface area contributed by atoms with Gasteiger partial charge in [-0.05, 0) is 38.3 Å². The second-order valence-corrected chi connectivity index (χ2v) is 6.73. The molecule has 7 heteroatoms. The molecule has 2 aliphatic rings. The van der Waals surface area contributed by atoms with Gasteiger partial charge >= 0.3 is 0 Å². The molecule has 2 aliphatic heterocycles. The van der Waals surface area contributed by atoms with E-state index in [0.29, 0.717) is 11.1 Å². The molecule has 4 amide bonds. The Kier molecular flexibility index (Phi) is 5.35. The highest BCUT2D eigenvalue weighted by Gasteiger charge is 2.35. The summed E-state index contributed by atoms with van der Waals surface area (Å²) in [4.78, 5) is 51.9. The standard InChI is InChI=1S/C19H23N3O4/c1-13(17(24)21-10-5-2-6-11-21)20-16(23)9-12-22-18(25)14-7-3-4-8-15(14)19(22)26/h3-4,7-8,13H,2,5-6,9-12H2,1H3,(H,20,23)/t13-/m0/s1. The van der Waals surface area contributed by atoms with Crippen LogP contribution in [0.3, 0.4) is 0 Å². The van der Waals surface area contributed by atoms with Gasteiger partial charge in [0.05, 0.1) is 11.1 Å². The minimum absolute atomic E-state index is 0.00278. The van der Waals surface area contributed by atoms with Crippen molar-refractivity contribution in [2.45, 2.75) is 38.6 Å². The highest BCUT2D eigenvalue weighted by molar-refractivity contribution is 6.21. The van der Waals surface area contributed by atoms with E-state index in [1.807, 2.05) is 0 Å². The monoisotopic (exact) mass is 357 g/mol. The number of imide groups is 1. The van der Waals surface area contributed by atoms with Crippen LogP contribution in [0, 0.1) is 0 Å². The van der Waals surface area contributed by atoms with Gasteiger partial charge in [-0.3, -0.25) is 24.1 Å². The van der Waals surface area contributed by atoms with Crippen LogP contribution < -0.4 is 5.32 Å².